The van der Waals surface area contributed by atoms with E-state index < -0.39 is 0 Å². The molecule has 1 aliphatic heterocycles. The van der Waals surface area contributed by atoms with Crippen molar-refractivity contribution in [1.29, 1.82) is 0 Å². The van der Waals surface area contributed by atoms with E-state index in [4.69, 9.17) is 16.3 Å². The third-order valence-electron chi connectivity index (χ3n) is 3.35. The van der Waals surface area contributed by atoms with Gasteiger partial charge in [0.25, 0.3) is 0 Å². The molecule has 1 atom stereocenters. The zero-order valence-corrected chi connectivity index (χ0v) is 11.4. The molecule has 1 fully saturated rings. The first kappa shape index (κ1) is 13.6. The molecule has 0 bridgehead atoms. The van der Waals surface area contributed by atoms with Gasteiger partial charge in [-0.1, -0.05) is 6.07 Å². The summed E-state index contributed by atoms with van der Waals surface area (Å²) >= 11 is 5.86. The molecule has 1 aromatic carbocycles. The van der Waals surface area contributed by atoms with Gasteiger partial charge in [0.1, 0.15) is 5.82 Å². The standard InChI is InChI=1S/C14H19ClFNO/c1-2-18-11-5-4-8-17(10-11)14-7-3-6-13(16)12(14)9-15/h3,6-7,11H,2,4-5,8-10H2,1H3. The molecule has 2 rings (SSSR count). The van der Waals surface area contributed by atoms with Crippen LogP contribution in [0.5, 0.6) is 0 Å². The summed E-state index contributed by atoms with van der Waals surface area (Å²) in [6, 6.07) is 5.14. The van der Waals surface area contributed by atoms with E-state index in [1.54, 1.807) is 6.07 Å². The Balaban J connectivity index is 2.18. The molecule has 1 unspecified atom stereocenters. The number of anilines is 1. The van der Waals surface area contributed by atoms with E-state index in [0.29, 0.717) is 5.56 Å². The Labute approximate surface area is 113 Å². The SMILES string of the molecule is CCOC1CCCN(c2cccc(F)c2CCl)C1. The summed E-state index contributed by atoms with van der Waals surface area (Å²) in [5, 5.41) is 0. The van der Waals surface area contributed by atoms with Crippen molar-refractivity contribution in [1.82, 2.24) is 0 Å². The average Bonchev–Trinajstić information content (AvgIpc) is 2.39. The Hall–Kier alpha value is -0.800. The zero-order chi connectivity index (χ0) is 13.0. The van der Waals surface area contributed by atoms with Crippen molar-refractivity contribution in [3.8, 4) is 0 Å². The molecule has 100 valence electrons. The van der Waals surface area contributed by atoms with Crippen LogP contribution in [0.4, 0.5) is 10.1 Å². The number of piperidine rings is 1. The van der Waals surface area contributed by atoms with Gasteiger partial charge >= 0.3 is 0 Å². The number of nitrogens with zero attached hydrogens (tertiary/aromatic N) is 1. The van der Waals surface area contributed by atoms with Crippen molar-refractivity contribution >= 4 is 17.3 Å². The molecular formula is C14H19ClFNO. The molecule has 0 N–H and O–H groups in total. The Kier molecular flexibility index (Phi) is 4.84. The van der Waals surface area contributed by atoms with Crippen LogP contribution < -0.4 is 4.90 Å². The van der Waals surface area contributed by atoms with E-state index in [9.17, 15) is 4.39 Å². The van der Waals surface area contributed by atoms with Gasteiger partial charge in [-0.25, -0.2) is 4.39 Å². The van der Waals surface area contributed by atoms with Crippen molar-refractivity contribution in [3.63, 3.8) is 0 Å². The van der Waals surface area contributed by atoms with Crippen molar-refractivity contribution in [2.45, 2.75) is 31.7 Å². The molecule has 1 saturated heterocycles. The van der Waals surface area contributed by atoms with E-state index in [-0.39, 0.29) is 17.8 Å². The molecule has 4 heteroatoms. The maximum Gasteiger partial charge on any atom is 0.129 e. The van der Waals surface area contributed by atoms with Gasteiger partial charge in [-0.05, 0) is 31.9 Å². The molecule has 0 aliphatic carbocycles. The Morgan fingerprint density at radius 3 is 3.06 bits per heavy atom. The third-order valence-corrected chi connectivity index (χ3v) is 3.62. The van der Waals surface area contributed by atoms with E-state index in [2.05, 4.69) is 4.90 Å². The highest BCUT2D eigenvalue weighted by Crippen LogP contribution is 2.28. The number of halogens is 2. The average molecular weight is 272 g/mol. The number of alkyl halides is 1. The van der Waals surface area contributed by atoms with Gasteiger partial charge in [-0.15, -0.1) is 11.6 Å². The fourth-order valence-electron chi connectivity index (χ4n) is 2.50. The van der Waals surface area contributed by atoms with Crippen LogP contribution in [-0.4, -0.2) is 25.8 Å². The van der Waals surface area contributed by atoms with Gasteiger partial charge in [0.05, 0.1) is 12.0 Å². The van der Waals surface area contributed by atoms with Crippen LogP contribution in [0, 0.1) is 5.82 Å². The van der Waals surface area contributed by atoms with Crippen LogP contribution in [-0.2, 0) is 10.6 Å². The Morgan fingerprint density at radius 2 is 2.33 bits per heavy atom. The largest absolute Gasteiger partial charge is 0.377 e. The summed E-state index contributed by atoms with van der Waals surface area (Å²) < 4.78 is 19.4. The van der Waals surface area contributed by atoms with Gasteiger partial charge in [0.15, 0.2) is 0 Å². The number of hydrogen-bond donors (Lipinski definition) is 0. The first-order valence-corrected chi connectivity index (χ1v) is 6.99. The van der Waals surface area contributed by atoms with Crippen molar-refractivity contribution in [3.05, 3.63) is 29.6 Å². The molecule has 1 aliphatic rings. The van der Waals surface area contributed by atoms with E-state index in [0.717, 1.165) is 38.2 Å². The van der Waals surface area contributed by atoms with Crippen molar-refractivity contribution < 1.29 is 9.13 Å². The van der Waals surface area contributed by atoms with Crippen LogP contribution >= 0.6 is 11.6 Å². The molecule has 0 radical (unpaired) electrons. The zero-order valence-electron chi connectivity index (χ0n) is 10.7. The monoisotopic (exact) mass is 271 g/mol. The third kappa shape index (κ3) is 2.96. The maximum atomic E-state index is 13.7. The molecular weight excluding hydrogens is 253 g/mol. The number of benzene rings is 1. The van der Waals surface area contributed by atoms with Gasteiger partial charge in [0.2, 0.25) is 0 Å². The summed E-state index contributed by atoms with van der Waals surface area (Å²) in [5.41, 5.74) is 1.51. The van der Waals surface area contributed by atoms with Gasteiger partial charge in [-0.2, -0.15) is 0 Å². The Bertz CT molecular complexity index is 397. The fraction of sp³-hybridized carbons (Fsp3) is 0.571. The summed E-state index contributed by atoms with van der Waals surface area (Å²) in [6.45, 7) is 4.49. The second-order valence-corrected chi connectivity index (χ2v) is 4.80. The molecule has 1 heterocycles. The normalized spacial score (nSPS) is 20.2. The van der Waals surface area contributed by atoms with Gasteiger partial charge in [-0.3, -0.25) is 0 Å². The quantitative estimate of drug-likeness (QED) is 0.777. The predicted molar refractivity (Wildman–Crippen MR) is 72.8 cm³/mol. The minimum atomic E-state index is -0.221. The molecule has 0 amide bonds. The number of rotatable bonds is 4. The molecule has 18 heavy (non-hydrogen) atoms. The van der Waals surface area contributed by atoms with E-state index in [1.165, 1.54) is 6.07 Å². The predicted octanol–water partition coefficient (Wildman–Crippen LogP) is 3.57. The number of ether oxygens (including phenoxy) is 1. The minimum Gasteiger partial charge on any atom is -0.377 e. The number of hydrogen-bond acceptors (Lipinski definition) is 2. The summed E-state index contributed by atoms with van der Waals surface area (Å²) in [6.07, 6.45) is 2.40. The smallest absolute Gasteiger partial charge is 0.129 e. The van der Waals surface area contributed by atoms with Gasteiger partial charge < -0.3 is 9.64 Å². The van der Waals surface area contributed by atoms with Gasteiger partial charge in [0, 0.05) is 30.9 Å². The van der Waals surface area contributed by atoms with Crippen LogP contribution in [0.1, 0.15) is 25.3 Å². The van der Waals surface area contributed by atoms with E-state index >= 15 is 0 Å². The molecule has 2 nitrogen and oxygen atoms in total. The highest BCUT2D eigenvalue weighted by molar-refractivity contribution is 6.17. The lowest BCUT2D eigenvalue weighted by Gasteiger charge is -2.35. The van der Waals surface area contributed by atoms with Crippen LogP contribution in [0.15, 0.2) is 18.2 Å². The lowest BCUT2D eigenvalue weighted by Crippen LogP contribution is -2.40. The lowest BCUT2D eigenvalue weighted by atomic mass is 10.1. The molecule has 0 spiro atoms. The summed E-state index contributed by atoms with van der Waals surface area (Å²) in [5.74, 6) is -0.0151. The molecule has 1 aromatic rings. The minimum absolute atomic E-state index is 0.206. The second-order valence-electron chi connectivity index (χ2n) is 4.54. The summed E-state index contributed by atoms with van der Waals surface area (Å²) in [7, 11) is 0. The summed E-state index contributed by atoms with van der Waals surface area (Å²) in [4.78, 5) is 2.19. The van der Waals surface area contributed by atoms with Crippen LogP contribution in [0.3, 0.4) is 0 Å². The Morgan fingerprint density at radius 1 is 1.50 bits per heavy atom. The highest BCUT2D eigenvalue weighted by atomic mass is 35.5. The maximum absolute atomic E-state index is 13.7. The topological polar surface area (TPSA) is 12.5 Å². The lowest BCUT2D eigenvalue weighted by molar-refractivity contribution is 0.0526. The molecule has 0 saturated carbocycles. The van der Waals surface area contributed by atoms with Crippen molar-refractivity contribution in [2.75, 3.05) is 24.6 Å². The van der Waals surface area contributed by atoms with Crippen LogP contribution in [0.2, 0.25) is 0 Å². The second kappa shape index (κ2) is 6.39. The highest BCUT2D eigenvalue weighted by Gasteiger charge is 2.22. The van der Waals surface area contributed by atoms with E-state index in [1.807, 2.05) is 13.0 Å². The fourth-order valence-corrected chi connectivity index (χ4v) is 2.77. The first-order valence-electron chi connectivity index (χ1n) is 6.46. The molecule has 0 aromatic heterocycles. The van der Waals surface area contributed by atoms with Crippen LogP contribution in [0.25, 0.3) is 0 Å². The van der Waals surface area contributed by atoms with Crippen molar-refractivity contribution in [2.24, 2.45) is 0 Å². The first-order chi connectivity index (χ1) is 8.76.